The third kappa shape index (κ3) is 4.28. The molecule has 1 aliphatic rings. The monoisotopic (exact) mass is 389 g/mol. The number of piperidine rings is 1. The lowest BCUT2D eigenvalue weighted by molar-refractivity contribution is -0.160. The Hall–Kier alpha value is -2.58. The summed E-state index contributed by atoms with van der Waals surface area (Å²) in [4.78, 5) is 16.7. The smallest absolute Gasteiger partial charge is 0.256 e. The summed E-state index contributed by atoms with van der Waals surface area (Å²) in [6, 6.07) is 7.35. The van der Waals surface area contributed by atoms with Crippen molar-refractivity contribution in [2.75, 3.05) is 34.4 Å². The molecule has 1 aromatic carbocycles. The molecule has 0 radical (unpaired) electrons. The van der Waals surface area contributed by atoms with Crippen molar-refractivity contribution < 1.29 is 23.9 Å². The molecule has 2 aromatic rings. The van der Waals surface area contributed by atoms with Crippen LogP contribution in [0.15, 0.2) is 35.1 Å². The van der Waals surface area contributed by atoms with Crippen molar-refractivity contribution in [3.05, 3.63) is 41.8 Å². The molecule has 1 aliphatic heterocycles. The molecule has 1 unspecified atom stereocenters. The van der Waals surface area contributed by atoms with E-state index in [0.29, 0.717) is 37.6 Å². The molecule has 1 amide bonds. The van der Waals surface area contributed by atoms with Gasteiger partial charge in [-0.2, -0.15) is 0 Å². The number of rotatable bonds is 8. The van der Waals surface area contributed by atoms with Gasteiger partial charge in [0.25, 0.3) is 5.91 Å². The van der Waals surface area contributed by atoms with Crippen LogP contribution in [0.4, 0.5) is 0 Å². The first-order chi connectivity index (χ1) is 13.5. The van der Waals surface area contributed by atoms with Gasteiger partial charge in [0, 0.05) is 37.8 Å². The summed E-state index contributed by atoms with van der Waals surface area (Å²) in [5.74, 6) is 0.956. The number of nitrogens with zero attached hydrogens (tertiary/aromatic N) is 3. The first-order valence-electron chi connectivity index (χ1n) is 9.26. The van der Waals surface area contributed by atoms with Crippen LogP contribution >= 0.6 is 0 Å². The van der Waals surface area contributed by atoms with E-state index in [1.807, 2.05) is 30.1 Å². The van der Waals surface area contributed by atoms with Crippen molar-refractivity contribution >= 4 is 5.91 Å². The van der Waals surface area contributed by atoms with E-state index in [0.717, 1.165) is 17.7 Å². The van der Waals surface area contributed by atoms with Crippen LogP contribution in [-0.2, 0) is 17.9 Å². The van der Waals surface area contributed by atoms with Gasteiger partial charge in [-0.3, -0.25) is 9.69 Å². The number of hydrogen-bond acceptors (Lipinski definition) is 7. The maximum absolute atomic E-state index is 13.1. The molecule has 2 heterocycles. The predicted molar refractivity (Wildman–Crippen MR) is 102 cm³/mol. The van der Waals surface area contributed by atoms with Gasteiger partial charge in [0.2, 0.25) is 0 Å². The highest BCUT2D eigenvalue weighted by Gasteiger charge is 2.43. The minimum absolute atomic E-state index is 0.227. The Morgan fingerprint density at radius 3 is 2.82 bits per heavy atom. The van der Waals surface area contributed by atoms with Crippen LogP contribution in [0.3, 0.4) is 0 Å². The molecule has 1 aromatic heterocycles. The lowest BCUT2D eigenvalue weighted by Crippen LogP contribution is -2.57. The molecule has 152 valence electrons. The van der Waals surface area contributed by atoms with Crippen molar-refractivity contribution in [3.8, 4) is 11.5 Å². The molecule has 0 bridgehead atoms. The second-order valence-electron chi connectivity index (χ2n) is 7.18. The highest BCUT2D eigenvalue weighted by molar-refractivity contribution is 5.86. The summed E-state index contributed by atoms with van der Waals surface area (Å²) in [7, 11) is 5.01. The van der Waals surface area contributed by atoms with Crippen molar-refractivity contribution in [2.45, 2.75) is 31.5 Å². The molecule has 3 rings (SSSR count). The molecule has 1 N–H and O–H groups in total. The number of amides is 1. The number of methoxy groups -OCH3 is 2. The van der Waals surface area contributed by atoms with Gasteiger partial charge in [0.1, 0.15) is 6.26 Å². The Morgan fingerprint density at radius 2 is 2.14 bits per heavy atom. The normalized spacial score (nSPS) is 19.9. The van der Waals surface area contributed by atoms with Crippen molar-refractivity contribution in [1.82, 2.24) is 15.0 Å². The fourth-order valence-electron chi connectivity index (χ4n) is 3.74. The van der Waals surface area contributed by atoms with Gasteiger partial charge in [0.05, 0.1) is 19.9 Å². The molecule has 0 aliphatic carbocycles. The zero-order valence-corrected chi connectivity index (χ0v) is 16.6. The van der Waals surface area contributed by atoms with Crippen LogP contribution in [0, 0.1) is 0 Å². The van der Waals surface area contributed by atoms with Crippen molar-refractivity contribution in [2.24, 2.45) is 0 Å². The van der Waals surface area contributed by atoms with Gasteiger partial charge < -0.3 is 24.0 Å². The molecule has 8 heteroatoms. The van der Waals surface area contributed by atoms with E-state index in [2.05, 4.69) is 5.16 Å². The van der Waals surface area contributed by atoms with E-state index in [1.165, 1.54) is 6.26 Å². The number of likely N-dealkylation sites (N-methyl/N-ethyl adjacent to an activating group) is 1. The van der Waals surface area contributed by atoms with Crippen LogP contribution < -0.4 is 9.47 Å². The fraction of sp³-hybridized carbons (Fsp3) is 0.500. The molecule has 1 saturated heterocycles. The van der Waals surface area contributed by atoms with Crippen LogP contribution in [0.25, 0.3) is 0 Å². The number of benzene rings is 1. The lowest BCUT2D eigenvalue weighted by Gasteiger charge is -2.40. The second-order valence-corrected chi connectivity index (χ2v) is 7.18. The number of para-hydroxylation sites is 1. The minimum atomic E-state index is -1.43. The highest BCUT2D eigenvalue weighted by Crippen LogP contribution is 2.33. The summed E-state index contributed by atoms with van der Waals surface area (Å²) in [6.07, 6.45) is 2.67. The molecular weight excluding hydrogens is 362 g/mol. The summed E-state index contributed by atoms with van der Waals surface area (Å²) in [5.41, 5.74) is 0.172. The topological polar surface area (TPSA) is 88.3 Å². The maximum Gasteiger partial charge on any atom is 0.256 e. The Kier molecular flexibility index (Phi) is 6.21. The maximum atomic E-state index is 13.1. The van der Waals surface area contributed by atoms with E-state index < -0.39 is 5.60 Å². The molecule has 28 heavy (non-hydrogen) atoms. The average Bonchev–Trinajstić information content (AvgIpc) is 3.18. The average molecular weight is 389 g/mol. The first kappa shape index (κ1) is 20.2. The number of aliphatic hydroxyl groups is 1. The molecule has 1 atom stereocenters. The predicted octanol–water partition coefficient (Wildman–Crippen LogP) is 1.68. The minimum Gasteiger partial charge on any atom is -0.493 e. The van der Waals surface area contributed by atoms with Gasteiger partial charge in [-0.1, -0.05) is 17.3 Å². The Balaban J connectivity index is 1.71. The van der Waals surface area contributed by atoms with E-state index in [1.54, 1.807) is 25.2 Å². The quantitative estimate of drug-likeness (QED) is 0.735. The van der Waals surface area contributed by atoms with E-state index in [-0.39, 0.29) is 12.5 Å². The Labute approximate surface area is 164 Å². The zero-order valence-electron chi connectivity index (χ0n) is 16.6. The van der Waals surface area contributed by atoms with Gasteiger partial charge in [-0.15, -0.1) is 0 Å². The third-order valence-corrected chi connectivity index (χ3v) is 5.00. The number of likely N-dealkylation sites (tertiary alicyclic amines) is 1. The zero-order chi connectivity index (χ0) is 20.1. The van der Waals surface area contributed by atoms with Crippen LogP contribution in [0.2, 0.25) is 0 Å². The van der Waals surface area contributed by atoms with Crippen LogP contribution in [0.5, 0.6) is 11.5 Å². The number of carbonyl (C=O) groups excluding carboxylic acids is 1. The fourth-order valence-corrected chi connectivity index (χ4v) is 3.74. The van der Waals surface area contributed by atoms with Gasteiger partial charge in [-0.25, -0.2) is 0 Å². The first-order valence-corrected chi connectivity index (χ1v) is 9.26. The molecule has 0 spiro atoms. The molecule has 8 nitrogen and oxygen atoms in total. The largest absolute Gasteiger partial charge is 0.493 e. The molecular formula is C20H27N3O5. The number of carbonyl (C=O) groups is 1. The van der Waals surface area contributed by atoms with Gasteiger partial charge >= 0.3 is 0 Å². The van der Waals surface area contributed by atoms with Gasteiger partial charge in [0.15, 0.2) is 17.1 Å². The summed E-state index contributed by atoms with van der Waals surface area (Å²) in [6.45, 7) is 1.67. The highest BCUT2D eigenvalue weighted by atomic mass is 16.5. The van der Waals surface area contributed by atoms with Crippen LogP contribution in [-0.4, -0.2) is 65.9 Å². The van der Waals surface area contributed by atoms with Crippen molar-refractivity contribution in [1.29, 1.82) is 0 Å². The number of hydrogen-bond donors (Lipinski definition) is 1. The lowest BCUT2D eigenvalue weighted by atomic mass is 9.90. The molecule has 1 fully saturated rings. The Bertz CT molecular complexity index is 795. The standard InChI is InChI=1S/C20H27N3O5/c1-22(13-16-8-11-28-21-16)14-20(25)9-5-10-23(19(20)24)12-15-6-4-7-17(26-2)18(15)27-3/h4,6-8,11,25H,5,9-10,12-14H2,1-3H3. The summed E-state index contributed by atoms with van der Waals surface area (Å²) in [5, 5.41) is 15.0. The third-order valence-electron chi connectivity index (χ3n) is 5.00. The van der Waals surface area contributed by atoms with E-state index in [4.69, 9.17) is 14.0 Å². The van der Waals surface area contributed by atoms with Crippen LogP contribution in [0.1, 0.15) is 24.1 Å². The second kappa shape index (κ2) is 8.62. The summed E-state index contributed by atoms with van der Waals surface area (Å²) < 4.78 is 15.6. The number of aromatic nitrogens is 1. The van der Waals surface area contributed by atoms with E-state index in [9.17, 15) is 9.90 Å². The Morgan fingerprint density at radius 1 is 1.32 bits per heavy atom. The van der Waals surface area contributed by atoms with Crippen molar-refractivity contribution in [3.63, 3.8) is 0 Å². The number of ether oxygens (including phenoxy) is 2. The summed E-state index contributed by atoms with van der Waals surface area (Å²) >= 11 is 0. The van der Waals surface area contributed by atoms with Gasteiger partial charge in [-0.05, 0) is 26.0 Å². The SMILES string of the molecule is COc1cccc(CN2CCCC(O)(CN(C)Cc3ccon3)C2=O)c1OC. The van der Waals surface area contributed by atoms with E-state index >= 15 is 0 Å². The molecule has 0 saturated carbocycles.